The molecular weight excluding hydrogens is 424 g/mol. The summed E-state index contributed by atoms with van der Waals surface area (Å²) in [5.41, 5.74) is -0.631. The van der Waals surface area contributed by atoms with Gasteiger partial charge in [-0.15, -0.1) is 11.3 Å². The van der Waals surface area contributed by atoms with E-state index in [0.29, 0.717) is 20.6 Å². The first kappa shape index (κ1) is 19.3. The lowest BCUT2D eigenvalue weighted by molar-refractivity contribution is 0.387. The van der Waals surface area contributed by atoms with Crippen LogP contribution in [0.15, 0.2) is 40.1 Å². The molecule has 0 aliphatic carbocycles. The lowest BCUT2D eigenvalue weighted by atomic mass is 10.1. The van der Waals surface area contributed by atoms with Crippen LogP contribution in [0.25, 0.3) is 26.3 Å². The van der Waals surface area contributed by atoms with Crippen molar-refractivity contribution in [1.82, 2.24) is 14.5 Å². The highest BCUT2D eigenvalue weighted by atomic mass is 35.5. The second-order valence-electron chi connectivity index (χ2n) is 6.16. The van der Waals surface area contributed by atoms with Gasteiger partial charge in [0.15, 0.2) is 11.6 Å². The molecule has 0 radical (unpaired) electrons. The fourth-order valence-corrected chi connectivity index (χ4v) is 4.39. The van der Waals surface area contributed by atoms with Crippen molar-refractivity contribution in [2.24, 2.45) is 0 Å². The predicted octanol–water partition coefficient (Wildman–Crippen LogP) is 4.05. The minimum Gasteiger partial charge on any atom is -0.494 e. The van der Waals surface area contributed by atoms with Crippen LogP contribution in [0.1, 0.15) is 5.56 Å². The lowest BCUT2D eigenvalue weighted by Crippen LogP contribution is -2.34. The number of thiophene rings is 1. The van der Waals surface area contributed by atoms with Crippen molar-refractivity contribution < 1.29 is 13.5 Å². The zero-order valence-electron chi connectivity index (χ0n) is 15.0. The standard InChI is InChI=1S/C19H12ClF2N3O3S/c1-8-3-4-23-17(22)15(8)25-18(26)16-12(24-19(25)27)7-14(29-16)9-5-13(28-2)11(21)6-10(9)20/h3-7H,1-2H3,(H,24,27). The van der Waals surface area contributed by atoms with Crippen LogP contribution in [0.5, 0.6) is 5.75 Å². The Balaban J connectivity index is 1.99. The summed E-state index contributed by atoms with van der Waals surface area (Å²) >= 11 is 7.20. The average molecular weight is 436 g/mol. The van der Waals surface area contributed by atoms with Gasteiger partial charge in [0.05, 0.1) is 17.6 Å². The number of hydrogen-bond donors (Lipinski definition) is 1. The van der Waals surface area contributed by atoms with E-state index < -0.39 is 23.0 Å². The molecule has 10 heteroatoms. The van der Waals surface area contributed by atoms with Gasteiger partial charge in [-0.3, -0.25) is 4.79 Å². The molecule has 0 atom stereocenters. The smallest absolute Gasteiger partial charge is 0.333 e. The number of nitrogens with zero attached hydrogens (tertiary/aromatic N) is 2. The average Bonchev–Trinajstić information content (AvgIpc) is 3.08. The van der Waals surface area contributed by atoms with Gasteiger partial charge in [-0.25, -0.2) is 18.7 Å². The molecule has 3 aromatic heterocycles. The molecule has 4 aromatic rings. The van der Waals surface area contributed by atoms with Crippen molar-refractivity contribution >= 4 is 33.2 Å². The summed E-state index contributed by atoms with van der Waals surface area (Å²) in [7, 11) is 1.32. The summed E-state index contributed by atoms with van der Waals surface area (Å²) in [6.07, 6.45) is 1.25. The maximum atomic E-state index is 14.3. The van der Waals surface area contributed by atoms with Gasteiger partial charge in [0.25, 0.3) is 5.56 Å². The van der Waals surface area contributed by atoms with Crippen LogP contribution in [0.2, 0.25) is 5.02 Å². The molecular formula is C19H12ClF2N3O3S. The minimum atomic E-state index is -0.931. The summed E-state index contributed by atoms with van der Waals surface area (Å²) < 4.78 is 34.0. The maximum absolute atomic E-state index is 14.3. The number of fused-ring (bicyclic) bond motifs is 1. The van der Waals surface area contributed by atoms with Gasteiger partial charge < -0.3 is 9.72 Å². The highest BCUT2D eigenvalue weighted by molar-refractivity contribution is 7.22. The van der Waals surface area contributed by atoms with Gasteiger partial charge in [-0.2, -0.15) is 4.39 Å². The fourth-order valence-electron chi connectivity index (χ4n) is 3.00. The molecule has 0 spiro atoms. The van der Waals surface area contributed by atoms with Crippen LogP contribution in [-0.4, -0.2) is 21.6 Å². The Bertz CT molecular complexity index is 1370. The van der Waals surface area contributed by atoms with E-state index in [1.54, 1.807) is 13.0 Å². The molecule has 0 amide bonds. The molecule has 0 saturated carbocycles. The zero-order chi connectivity index (χ0) is 20.9. The Hall–Kier alpha value is -3.04. The van der Waals surface area contributed by atoms with Crippen LogP contribution in [0.4, 0.5) is 8.78 Å². The number of methoxy groups -OCH3 is 1. The third-order valence-corrected chi connectivity index (χ3v) is 5.86. The summed E-state index contributed by atoms with van der Waals surface area (Å²) in [4.78, 5) is 32.2. The summed E-state index contributed by atoms with van der Waals surface area (Å²) in [6.45, 7) is 1.57. The number of pyridine rings is 1. The fraction of sp³-hybridized carbons (Fsp3) is 0.105. The number of benzene rings is 1. The second kappa shape index (κ2) is 7.09. The molecule has 3 heterocycles. The van der Waals surface area contributed by atoms with E-state index in [-0.39, 0.29) is 26.7 Å². The van der Waals surface area contributed by atoms with E-state index in [1.807, 2.05) is 0 Å². The van der Waals surface area contributed by atoms with Crippen molar-refractivity contribution in [2.75, 3.05) is 7.11 Å². The molecule has 0 bridgehead atoms. The monoisotopic (exact) mass is 435 g/mol. The Labute approximate surface area is 171 Å². The largest absolute Gasteiger partial charge is 0.494 e. The second-order valence-corrected chi connectivity index (χ2v) is 7.62. The number of ether oxygens (including phenoxy) is 1. The highest BCUT2D eigenvalue weighted by Crippen LogP contribution is 2.38. The minimum absolute atomic E-state index is 0.0131. The van der Waals surface area contributed by atoms with Gasteiger partial charge in [-0.05, 0) is 36.8 Å². The summed E-state index contributed by atoms with van der Waals surface area (Å²) in [5.74, 6) is -1.57. The normalized spacial score (nSPS) is 11.2. The van der Waals surface area contributed by atoms with Crippen LogP contribution in [-0.2, 0) is 0 Å². The molecule has 1 N–H and O–H groups in total. The Morgan fingerprint density at radius 3 is 2.69 bits per heavy atom. The van der Waals surface area contributed by atoms with E-state index >= 15 is 0 Å². The predicted molar refractivity (Wildman–Crippen MR) is 107 cm³/mol. The highest BCUT2D eigenvalue weighted by Gasteiger charge is 2.19. The molecule has 29 heavy (non-hydrogen) atoms. The van der Waals surface area contributed by atoms with Crippen molar-refractivity contribution in [2.45, 2.75) is 6.92 Å². The van der Waals surface area contributed by atoms with Gasteiger partial charge in [0.2, 0.25) is 5.95 Å². The molecule has 0 fully saturated rings. The number of hydrogen-bond acceptors (Lipinski definition) is 5. The SMILES string of the molecule is COc1cc(-c2cc3[nH]c(=O)n(-c4c(C)ccnc4F)c(=O)c3s2)c(Cl)cc1F. The molecule has 0 aliphatic rings. The Kier molecular flexibility index (Phi) is 4.71. The van der Waals surface area contributed by atoms with Crippen molar-refractivity contribution in [1.29, 1.82) is 0 Å². The van der Waals surface area contributed by atoms with E-state index in [4.69, 9.17) is 16.3 Å². The van der Waals surface area contributed by atoms with Crippen molar-refractivity contribution in [3.63, 3.8) is 0 Å². The first-order chi connectivity index (χ1) is 13.8. The molecule has 148 valence electrons. The van der Waals surface area contributed by atoms with Crippen molar-refractivity contribution in [3.05, 3.63) is 73.7 Å². The topological polar surface area (TPSA) is 77.0 Å². The number of aromatic nitrogens is 3. The number of H-pyrrole nitrogens is 1. The molecule has 4 rings (SSSR count). The molecule has 1 aromatic carbocycles. The number of halogens is 3. The Morgan fingerprint density at radius 1 is 1.24 bits per heavy atom. The van der Waals surface area contributed by atoms with Crippen LogP contribution in [0.3, 0.4) is 0 Å². The molecule has 6 nitrogen and oxygen atoms in total. The third kappa shape index (κ3) is 3.12. The van der Waals surface area contributed by atoms with Crippen molar-refractivity contribution in [3.8, 4) is 21.9 Å². The lowest BCUT2D eigenvalue weighted by Gasteiger charge is -2.08. The first-order valence-electron chi connectivity index (χ1n) is 8.25. The van der Waals surface area contributed by atoms with E-state index in [9.17, 15) is 18.4 Å². The van der Waals surface area contributed by atoms with Crippen LogP contribution >= 0.6 is 22.9 Å². The maximum Gasteiger partial charge on any atom is 0.333 e. The quantitative estimate of drug-likeness (QED) is 0.492. The van der Waals surface area contributed by atoms with Gasteiger partial charge >= 0.3 is 5.69 Å². The molecule has 0 aliphatic heterocycles. The van der Waals surface area contributed by atoms with Gasteiger partial charge in [-0.1, -0.05) is 11.6 Å². The van der Waals surface area contributed by atoms with Crippen LogP contribution in [0, 0.1) is 18.7 Å². The molecule has 0 unspecified atom stereocenters. The number of aromatic amines is 1. The van der Waals surface area contributed by atoms with E-state index in [0.717, 1.165) is 17.4 Å². The van der Waals surface area contributed by atoms with E-state index in [2.05, 4.69) is 9.97 Å². The van der Waals surface area contributed by atoms with E-state index in [1.165, 1.54) is 25.4 Å². The first-order valence-corrected chi connectivity index (χ1v) is 9.45. The number of aryl methyl sites for hydroxylation is 1. The van der Waals surface area contributed by atoms with Gasteiger partial charge in [0, 0.05) is 16.6 Å². The molecule has 0 saturated heterocycles. The number of rotatable bonds is 3. The Morgan fingerprint density at radius 2 is 2.00 bits per heavy atom. The summed E-state index contributed by atoms with van der Waals surface area (Å²) in [5, 5.41) is 0.117. The number of nitrogens with one attached hydrogen (secondary N) is 1. The summed E-state index contributed by atoms with van der Waals surface area (Å²) in [6, 6.07) is 5.57. The zero-order valence-corrected chi connectivity index (χ0v) is 16.6. The van der Waals surface area contributed by atoms with Gasteiger partial charge in [0.1, 0.15) is 10.4 Å². The third-order valence-electron chi connectivity index (χ3n) is 4.39. The van der Waals surface area contributed by atoms with Crippen LogP contribution < -0.4 is 16.0 Å².